The van der Waals surface area contributed by atoms with E-state index in [-0.39, 0.29) is 0 Å². The molecule has 0 radical (unpaired) electrons. The average molecular weight is 272 g/mol. The van der Waals surface area contributed by atoms with E-state index >= 15 is 0 Å². The molecule has 4 nitrogen and oxygen atoms in total. The minimum absolute atomic E-state index is 0.514. The van der Waals surface area contributed by atoms with Gasteiger partial charge in [-0.15, -0.1) is 0 Å². The van der Waals surface area contributed by atoms with Crippen molar-refractivity contribution >= 4 is 0 Å². The molecular formula is C16H20N2O2. The van der Waals surface area contributed by atoms with Crippen molar-refractivity contribution in [2.45, 2.75) is 37.9 Å². The highest BCUT2D eigenvalue weighted by Gasteiger charge is 2.16. The Hall–Kier alpha value is -1.78. The van der Waals surface area contributed by atoms with Crippen LogP contribution in [-0.2, 0) is 12.8 Å². The third-order valence-corrected chi connectivity index (χ3v) is 3.29. The number of hydrogen-bond donors (Lipinski definition) is 2. The highest BCUT2D eigenvalue weighted by molar-refractivity contribution is 5.05. The summed E-state index contributed by atoms with van der Waals surface area (Å²) in [7, 11) is 0. The molecule has 0 bridgehead atoms. The molecule has 0 fully saturated rings. The highest BCUT2D eigenvalue weighted by Crippen LogP contribution is 2.10. The van der Waals surface area contributed by atoms with Crippen LogP contribution >= 0.6 is 0 Å². The zero-order valence-corrected chi connectivity index (χ0v) is 11.4. The molecule has 2 atom stereocenters. The lowest BCUT2D eigenvalue weighted by molar-refractivity contribution is 0.0101. The van der Waals surface area contributed by atoms with Crippen molar-refractivity contribution in [2.24, 2.45) is 0 Å². The molecule has 20 heavy (non-hydrogen) atoms. The zero-order chi connectivity index (χ0) is 14.2. The lowest BCUT2D eigenvalue weighted by Crippen LogP contribution is -2.27. The normalized spacial score (nSPS) is 13.9. The molecule has 0 saturated carbocycles. The summed E-state index contributed by atoms with van der Waals surface area (Å²) in [6, 6.07) is 11.4. The predicted molar refractivity (Wildman–Crippen MR) is 77.1 cm³/mol. The molecule has 0 aromatic carbocycles. The Morgan fingerprint density at radius 1 is 0.750 bits per heavy atom. The summed E-state index contributed by atoms with van der Waals surface area (Å²) >= 11 is 0. The summed E-state index contributed by atoms with van der Waals surface area (Å²) in [5.41, 5.74) is 1.87. The van der Waals surface area contributed by atoms with Gasteiger partial charge in [0.1, 0.15) is 0 Å². The van der Waals surface area contributed by atoms with E-state index in [2.05, 4.69) is 9.97 Å². The summed E-state index contributed by atoms with van der Waals surface area (Å²) in [6.45, 7) is 0. The molecule has 2 N–H and O–H groups in total. The van der Waals surface area contributed by atoms with Gasteiger partial charge in [0.15, 0.2) is 0 Å². The van der Waals surface area contributed by atoms with Crippen LogP contribution in [0.5, 0.6) is 0 Å². The fourth-order valence-corrected chi connectivity index (χ4v) is 2.07. The van der Waals surface area contributed by atoms with Crippen molar-refractivity contribution < 1.29 is 10.2 Å². The lowest BCUT2D eigenvalue weighted by atomic mass is 10.0. The Balaban J connectivity index is 1.73. The smallest absolute Gasteiger partial charge is 0.0803 e. The van der Waals surface area contributed by atoms with E-state index in [1.807, 2.05) is 36.4 Å². The highest BCUT2D eigenvalue weighted by atomic mass is 16.3. The standard InChI is InChI=1S/C16H20N2O2/c19-15(9-7-13-5-1-3-11-17-13)16(20)10-8-14-6-2-4-12-18-14/h1-6,11-12,15-16,19-20H,7-10H2/t15-,16+. The van der Waals surface area contributed by atoms with E-state index in [1.54, 1.807) is 12.4 Å². The summed E-state index contributed by atoms with van der Waals surface area (Å²) in [4.78, 5) is 8.40. The van der Waals surface area contributed by atoms with Crippen LogP contribution in [0.3, 0.4) is 0 Å². The number of aliphatic hydroxyl groups excluding tert-OH is 2. The quantitative estimate of drug-likeness (QED) is 0.806. The van der Waals surface area contributed by atoms with Crippen LogP contribution < -0.4 is 0 Å². The first-order valence-corrected chi connectivity index (χ1v) is 6.91. The Bertz CT molecular complexity index is 443. The van der Waals surface area contributed by atoms with Crippen molar-refractivity contribution in [3.05, 3.63) is 60.2 Å². The van der Waals surface area contributed by atoms with Crippen LogP contribution in [0.4, 0.5) is 0 Å². The van der Waals surface area contributed by atoms with Crippen LogP contribution in [0.25, 0.3) is 0 Å². The van der Waals surface area contributed by atoms with Crippen LogP contribution in [0.1, 0.15) is 24.2 Å². The third-order valence-electron chi connectivity index (χ3n) is 3.29. The molecule has 0 amide bonds. The maximum Gasteiger partial charge on any atom is 0.0803 e. The monoisotopic (exact) mass is 272 g/mol. The predicted octanol–water partition coefficient (Wildman–Crippen LogP) is 1.76. The molecule has 2 aromatic rings. The van der Waals surface area contributed by atoms with Gasteiger partial charge in [0.05, 0.1) is 12.2 Å². The Morgan fingerprint density at radius 2 is 1.20 bits per heavy atom. The topological polar surface area (TPSA) is 66.2 Å². The number of rotatable bonds is 7. The molecule has 2 aromatic heterocycles. The van der Waals surface area contributed by atoms with Crippen molar-refractivity contribution in [1.82, 2.24) is 9.97 Å². The van der Waals surface area contributed by atoms with Crippen LogP contribution in [0, 0.1) is 0 Å². The first-order valence-electron chi connectivity index (χ1n) is 6.91. The maximum absolute atomic E-state index is 9.96. The third kappa shape index (κ3) is 4.72. The van der Waals surface area contributed by atoms with Gasteiger partial charge in [0.25, 0.3) is 0 Å². The molecule has 2 heterocycles. The molecular weight excluding hydrogens is 252 g/mol. The van der Waals surface area contributed by atoms with E-state index in [9.17, 15) is 10.2 Å². The number of aryl methyl sites for hydroxylation is 2. The Labute approximate surface area is 119 Å². The SMILES string of the molecule is O[C@H](CCc1ccccn1)[C@@H](O)CCc1ccccn1. The van der Waals surface area contributed by atoms with Gasteiger partial charge in [-0.05, 0) is 49.9 Å². The molecule has 0 unspecified atom stereocenters. The number of nitrogens with zero attached hydrogens (tertiary/aromatic N) is 2. The van der Waals surface area contributed by atoms with Crippen molar-refractivity contribution in [3.8, 4) is 0 Å². The van der Waals surface area contributed by atoms with Crippen LogP contribution in [0.2, 0.25) is 0 Å². The summed E-state index contributed by atoms with van der Waals surface area (Å²) in [5.74, 6) is 0. The molecule has 0 aliphatic rings. The Kier molecular flexibility index (Phi) is 5.65. The van der Waals surface area contributed by atoms with E-state index in [4.69, 9.17) is 0 Å². The van der Waals surface area contributed by atoms with Gasteiger partial charge >= 0.3 is 0 Å². The minimum atomic E-state index is -0.722. The molecule has 106 valence electrons. The summed E-state index contributed by atoms with van der Waals surface area (Å²) in [6.07, 6.45) is 4.39. The second-order valence-electron chi connectivity index (χ2n) is 4.85. The summed E-state index contributed by atoms with van der Waals surface area (Å²) in [5, 5.41) is 19.9. The average Bonchev–Trinajstić information content (AvgIpc) is 2.52. The van der Waals surface area contributed by atoms with Gasteiger partial charge in [0.2, 0.25) is 0 Å². The number of pyridine rings is 2. The summed E-state index contributed by atoms with van der Waals surface area (Å²) < 4.78 is 0. The maximum atomic E-state index is 9.96. The zero-order valence-electron chi connectivity index (χ0n) is 11.4. The first kappa shape index (κ1) is 14.6. The largest absolute Gasteiger partial charge is 0.390 e. The van der Waals surface area contributed by atoms with E-state index < -0.39 is 12.2 Å². The molecule has 0 spiro atoms. The van der Waals surface area contributed by atoms with Crippen LogP contribution in [-0.4, -0.2) is 32.4 Å². The fraction of sp³-hybridized carbons (Fsp3) is 0.375. The van der Waals surface area contributed by atoms with Crippen molar-refractivity contribution in [1.29, 1.82) is 0 Å². The van der Waals surface area contributed by atoms with Gasteiger partial charge in [0, 0.05) is 23.8 Å². The van der Waals surface area contributed by atoms with Gasteiger partial charge in [-0.3, -0.25) is 9.97 Å². The second-order valence-corrected chi connectivity index (χ2v) is 4.85. The van der Waals surface area contributed by atoms with Crippen molar-refractivity contribution in [3.63, 3.8) is 0 Å². The van der Waals surface area contributed by atoms with E-state index in [0.29, 0.717) is 25.7 Å². The van der Waals surface area contributed by atoms with Gasteiger partial charge in [-0.25, -0.2) is 0 Å². The van der Waals surface area contributed by atoms with Gasteiger partial charge in [-0.1, -0.05) is 12.1 Å². The molecule has 0 aliphatic carbocycles. The van der Waals surface area contributed by atoms with E-state index in [1.165, 1.54) is 0 Å². The van der Waals surface area contributed by atoms with Crippen molar-refractivity contribution in [2.75, 3.05) is 0 Å². The number of aliphatic hydroxyl groups is 2. The molecule has 0 saturated heterocycles. The van der Waals surface area contributed by atoms with Gasteiger partial charge < -0.3 is 10.2 Å². The fourth-order valence-electron chi connectivity index (χ4n) is 2.07. The molecule has 0 aliphatic heterocycles. The van der Waals surface area contributed by atoms with Gasteiger partial charge in [-0.2, -0.15) is 0 Å². The van der Waals surface area contributed by atoms with Crippen LogP contribution in [0.15, 0.2) is 48.8 Å². The van der Waals surface area contributed by atoms with E-state index in [0.717, 1.165) is 11.4 Å². The first-order chi connectivity index (χ1) is 9.75. The Morgan fingerprint density at radius 3 is 1.55 bits per heavy atom. The molecule has 2 rings (SSSR count). The number of hydrogen-bond acceptors (Lipinski definition) is 4. The minimum Gasteiger partial charge on any atom is -0.390 e. The number of aromatic nitrogens is 2. The lowest BCUT2D eigenvalue weighted by Gasteiger charge is -2.17. The molecule has 4 heteroatoms. The second kappa shape index (κ2) is 7.72.